The van der Waals surface area contributed by atoms with Crippen molar-refractivity contribution in [1.29, 1.82) is 0 Å². The van der Waals surface area contributed by atoms with E-state index in [1.807, 2.05) is 37.4 Å². The summed E-state index contributed by atoms with van der Waals surface area (Å²) < 4.78 is 27.5. The lowest BCUT2D eigenvalue weighted by molar-refractivity contribution is -0.121. The Morgan fingerprint density at radius 1 is 0.964 bits per heavy atom. The zero-order chi connectivity index (χ0) is 20.1. The van der Waals surface area contributed by atoms with Gasteiger partial charge in [0.1, 0.15) is 0 Å². The van der Waals surface area contributed by atoms with E-state index in [0.717, 1.165) is 10.6 Å². The second-order valence-electron chi connectivity index (χ2n) is 6.63. The molecule has 1 fully saturated rings. The van der Waals surface area contributed by atoms with Crippen LogP contribution in [0, 0.1) is 0 Å². The molecule has 2 aromatic carbocycles. The molecule has 1 aliphatic heterocycles. The van der Waals surface area contributed by atoms with E-state index in [0.29, 0.717) is 25.2 Å². The molecule has 148 valence electrons. The van der Waals surface area contributed by atoms with Gasteiger partial charge in [-0.2, -0.15) is 0 Å². The average molecular weight is 401 g/mol. The summed E-state index contributed by atoms with van der Waals surface area (Å²) in [4.78, 5) is 26.8. The molecule has 0 aromatic heterocycles. The van der Waals surface area contributed by atoms with Crippen LogP contribution in [0.4, 0.5) is 11.4 Å². The number of nitrogens with zero attached hydrogens (tertiary/aromatic N) is 2. The van der Waals surface area contributed by atoms with Gasteiger partial charge < -0.3 is 4.90 Å². The van der Waals surface area contributed by atoms with Crippen LogP contribution in [0.25, 0.3) is 0 Å². The molecular weight excluding hydrogens is 378 g/mol. The van der Waals surface area contributed by atoms with Gasteiger partial charge in [0.2, 0.25) is 21.8 Å². The normalized spacial score (nSPS) is 14.5. The Morgan fingerprint density at radius 2 is 1.57 bits per heavy atom. The van der Waals surface area contributed by atoms with Gasteiger partial charge in [-0.3, -0.25) is 14.5 Å². The fraction of sp³-hybridized carbons (Fsp3) is 0.300. The smallest absolute Gasteiger partial charge is 0.240 e. The van der Waals surface area contributed by atoms with Crippen LogP contribution in [0.1, 0.15) is 19.3 Å². The molecule has 1 aliphatic rings. The molecule has 0 aliphatic carbocycles. The second-order valence-corrected chi connectivity index (χ2v) is 8.39. The Balaban J connectivity index is 1.54. The van der Waals surface area contributed by atoms with E-state index >= 15 is 0 Å². The third-order valence-electron chi connectivity index (χ3n) is 4.62. The van der Waals surface area contributed by atoms with Crippen LogP contribution in [0.5, 0.6) is 0 Å². The molecular formula is C20H23N3O4S. The number of nitrogens with one attached hydrogen (secondary N) is 1. The SMILES string of the molecule is CN(CCCNS(=O)(=O)c1ccc(N2C(=O)CCC2=O)cc1)c1ccccc1. The standard InChI is InChI=1S/C20H23N3O4S/c1-22(16-6-3-2-4-7-16)15-5-14-21-28(26,27)18-10-8-17(9-11-18)23-19(24)12-13-20(23)25/h2-4,6-11,21H,5,12-15H2,1H3. The van der Waals surface area contributed by atoms with Crippen molar-refractivity contribution in [2.45, 2.75) is 24.2 Å². The van der Waals surface area contributed by atoms with Crippen molar-refractivity contribution in [2.24, 2.45) is 0 Å². The predicted octanol–water partition coefficient (Wildman–Crippen LogP) is 2.14. The Bertz CT molecular complexity index is 927. The lowest BCUT2D eigenvalue weighted by Crippen LogP contribution is -2.29. The quantitative estimate of drug-likeness (QED) is 0.541. The molecule has 0 spiro atoms. The van der Waals surface area contributed by atoms with Crippen LogP contribution in [-0.2, 0) is 19.6 Å². The predicted molar refractivity (Wildman–Crippen MR) is 108 cm³/mol. The number of benzene rings is 2. The fourth-order valence-corrected chi connectivity index (χ4v) is 4.13. The molecule has 0 unspecified atom stereocenters. The fourth-order valence-electron chi connectivity index (χ4n) is 3.06. The number of para-hydroxylation sites is 1. The van der Waals surface area contributed by atoms with Gasteiger partial charge in [0.05, 0.1) is 10.6 Å². The molecule has 1 saturated heterocycles. The van der Waals surface area contributed by atoms with Crippen LogP contribution in [0.2, 0.25) is 0 Å². The second kappa shape index (κ2) is 8.53. The largest absolute Gasteiger partial charge is 0.375 e. The van der Waals surface area contributed by atoms with Crippen molar-refractivity contribution in [1.82, 2.24) is 4.72 Å². The Morgan fingerprint density at radius 3 is 2.18 bits per heavy atom. The number of carbonyl (C=O) groups excluding carboxylic acids is 2. The van der Waals surface area contributed by atoms with Gasteiger partial charge in [-0.25, -0.2) is 13.1 Å². The minimum Gasteiger partial charge on any atom is -0.375 e. The summed E-state index contributed by atoms with van der Waals surface area (Å²) in [5, 5.41) is 0. The number of sulfonamides is 1. The first-order valence-corrected chi connectivity index (χ1v) is 10.6. The first-order valence-electron chi connectivity index (χ1n) is 9.10. The van der Waals surface area contributed by atoms with E-state index in [1.165, 1.54) is 24.3 Å². The maximum atomic E-state index is 12.4. The van der Waals surface area contributed by atoms with Crippen LogP contribution >= 0.6 is 0 Å². The van der Waals surface area contributed by atoms with Crippen molar-refractivity contribution in [3.8, 4) is 0 Å². The summed E-state index contributed by atoms with van der Waals surface area (Å²) in [6.07, 6.45) is 1.04. The highest BCUT2D eigenvalue weighted by Crippen LogP contribution is 2.24. The van der Waals surface area contributed by atoms with Gasteiger partial charge >= 0.3 is 0 Å². The molecule has 28 heavy (non-hydrogen) atoms. The molecule has 7 nitrogen and oxygen atoms in total. The highest BCUT2D eigenvalue weighted by molar-refractivity contribution is 7.89. The van der Waals surface area contributed by atoms with Gasteiger partial charge in [-0.05, 0) is 42.8 Å². The Hall–Kier alpha value is -2.71. The van der Waals surface area contributed by atoms with Gasteiger partial charge in [0.15, 0.2) is 0 Å². The van der Waals surface area contributed by atoms with Gasteiger partial charge in [-0.1, -0.05) is 18.2 Å². The minimum atomic E-state index is -3.65. The summed E-state index contributed by atoms with van der Waals surface area (Å²) in [5.41, 5.74) is 1.47. The van der Waals surface area contributed by atoms with Crippen molar-refractivity contribution >= 4 is 33.2 Å². The van der Waals surface area contributed by atoms with E-state index in [4.69, 9.17) is 0 Å². The third-order valence-corrected chi connectivity index (χ3v) is 6.09. The first kappa shape index (κ1) is 20.0. The molecule has 1 heterocycles. The van der Waals surface area contributed by atoms with Crippen molar-refractivity contribution < 1.29 is 18.0 Å². The molecule has 3 rings (SSSR count). The van der Waals surface area contributed by atoms with Gasteiger partial charge in [-0.15, -0.1) is 0 Å². The Labute approximate surface area is 165 Å². The average Bonchev–Trinajstić information content (AvgIpc) is 3.04. The van der Waals surface area contributed by atoms with Crippen molar-refractivity contribution in [3.05, 3.63) is 54.6 Å². The zero-order valence-corrected chi connectivity index (χ0v) is 16.5. The van der Waals surface area contributed by atoms with E-state index in [1.54, 1.807) is 0 Å². The van der Waals surface area contributed by atoms with Crippen LogP contribution in [0.15, 0.2) is 59.5 Å². The highest BCUT2D eigenvalue weighted by atomic mass is 32.2. The topological polar surface area (TPSA) is 86.8 Å². The number of carbonyl (C=O) groups is 2. The molecule has 2 amide bonds. The summed E-state index contributed by atoms with van der Waals surface area (Å²) in [7, 11) is -1.69. The number of amides is 2. The minimum absolute atomic E-state index is 0.103. The summed E-state index contributed by atoms with van der Waals surface area (Å²) >= 11 is 0. The molecule has 0 atom stereocenters. The molecule has 8 heteroatoms. The lowest BCUT2D eigenvalue weighted by Gasteiger charge is -2.19. The number of imide groups is 1. The number of anilines is 2. The van der Waals surface area contributed by atoms with Crippen LogP contribution < -0.4 is 14.5 Å². The van der Waals surface area contributed by atoms with E-state index in [9.17, 15) is 18.0 Å². The zero-order valence-electron chi connectivity index (χ0n) is 15.7. The number of rotatable bonds is 8. The number of hydrogen-bond donors (Lipinski definition) is 1. The van der Waals surface area contributed by atoms with E-state index in [2.05, 4.69) is 9.62 Å². The number of hydrogen-bond acceptors (Lipinski definition) is 5. The first-order chi connectivity index (χ1) is 13.4. The maximum Gasteiger partial charge on any atom is 0.240 e. The van der Waals surface area contributed by atoms with Gasteiger partial charge in [0.25, 0.3) is 0 Å². The van der Waals surface area contributed by atoms with Crippen LogP contribution in [-0.4, -0.2) is 40.4 Å². The van der Waals surface area contributed by atoms with E-state index in [-0.39, 0.29) is 29.6 Å². The third kappa shape index (κ3) is 4.58. The maximum absolute atomic E-state index is 12.4. The Kier molecular flexibility index (Phi) is 6.11. The summed E-state index contributed by atoms with van der Waals surface area (Å²) in [5.74, 6) is -0.525. The van der Waals surface area contributed by atoms with E-state index < -0.39 is 10.0 Å². The highest BCUT2D eigenvalue weighted by Gasteiger charge is 2.30. The van der Waals surface area contributed by atoms with Crippen molar-refractivity contribution in [3.63, 3.8) is 0 Å². The molecule has 1 N–H and O–H groups in total. The summed E-state index contributed by atoms with van der Waals surface area (Å²) in [6, 6.07) is 15.7. The molecule has 0 bridgehead atoms. The summed E-state index contributed by atoms with van der Waals surface area (Å²) in [6.45, 7) is 1.02. The monoisotopic (exact) mass is 401 g/mol. The van der Waals surface area contributed by atoms with Crippen molar-refractivity contribution in [2.75, 3.05) is 29.9 Å². The van der Waals surface area contributed by atoms with Gasteiger partial charge in [0, 0.05) is 38.7 Å². The molecule has 0 radical (unpaired) electrons. The molecule has 0 saturated carbocycles. The lowest BCUT2D eigenvalue weighted by atomic mass is 10.3. The van der Waals surface area contributed by atoms with Crippen LogP contribution in [0.3, 0.4) is 0 Å². The molecule has 2 aromatic rings.